The summed E-state index contributed by atoms with van der Waals surface area (Å²) in [5, 5.41) is 20.9. The van der Waals surface area contributed by atoms with Crippen molar-refractivity contribution in [2.24, 2.45) is 0 Å². The first-order valence-electron chi connectivity index (χ1n) is 6.04. The topological polar surface area (TPSA) is 119 Å². The van der Waals surface area contributed by atoms with E-state index in [1.165, 1.54) is 23.1 Å². The summed E-state index contributed by atoms with van der Waals surface area (Å²) >= 11 is 0. The van der Waals surface area contributed by atoms with Crippen molar-refractivity contribution in [3.05, 3.63) is 42.0 Å². The Kier molecular flexibility index (Phi) is 4.07. The molecule has 0 aliphatic carbocycles. The van der Waals surface area contributed by atoms with Gasteiger partial charge in [-0.15, -0.1) is 0 Å². The zero-order valence-corrected chi connectivity index (χ0v) is 11.2. The number of carboxylic acids is 1. The monoisotopic (exact) mass is 290 g/mol. The Bertz CT molecular complexity index is 654. The highest BCUT2D eigenvalue weighted by molar-refractivity contribution is 5.95. The van der Waals surface area contributed by atoms with Crippen LogP contribution in [0.2, 0.25) is 0 Å². The number of hydrogen-bond acceptors (Lipinski definition) is 4. The molecule has 0 aliphatic heterocycles. The number of urea groups is 1. The predicted molar refractivity (Wildman–Crippen MR) is 74.1 cm³/mol. The summed E-state index contributed by atoms with van der Waals surface area (Å²) in [5.74, 6) is -0.999. The number of nitrogens with one attached hydrogen (secondary N) is 2. The third-order valence-electron chi connectivity index (χ3n) is 2.77. The van der Waals surface area contributed by atoms with Crippen molar-refractivity contribution in [1.29, 1.82) is 0 Å². The van der Waals surface area contributed by atoms with Gasteiger partial charge >= 0.3 is 12.0 Å². The minimum absolute atomic E-state index is 0.276. The van der Waals surface area contributed by atoms with Crippen LogP contribution in [0.5, 0.6) is 5.75 Å². The molecule has 0 aliphatic rings. The molecule has 2 rings (SSSR count). The van der Waals surface area contributed by atoms with Crippen LogP contribution in [0.1, 0.15) is 16.2 Å². The van der Waals surface area contributed by atoms with Crippen LogP contribution < -0.4 is 5.32 Å². The molecule has 0 bridgehead atoms. The van der Waals surface area contributed by atoms with E-state index in [1.54, 1.807) is 19.4 Å². The first-order chi connectivity index (χ1) is 9.97. The summed E-state index contributed by atoms with van der Waals surface area (Å²) in [4.78, 5) is 31.1. The van der Waals surface area contributed by atoms with Crippen molar-refractivity contribution in [3.8, 4) is 5.75 Å². The van der Waals surface area contributed by atoms with E-state index in [0.717, 1.165) is 0 Å². The van der Waals surface area contributed by atoms with E-state index >= 15 is 0 Å². The van der Waals surface area contributed by atoms with Crippen molar-refractivity contribution >= 4 is 17.7 Å². The van der Waals surface area contributed by atoms with Crippen molar-refractivity contribution in [2.45, 2.75) is 6.54 Å². The molecule has 1 aromatic carbocycles. The molecule has 0 spiro atoms. The number of H-pyrrole nitrogens is 1. The lowest BCUT2D eigenvalue weighted by Gasteiger charge is -2.17. The molecule has 4 N–H and O–H groups in total. The Labute approximate surface area is 120 Å². The third-order valence-corrected chi connectivity index (χ3v) is 2.77. The number of phenols is 1. The standard InChI is InChI=1S/C13H14N4O4/c1-17(7-11-14-4-5-15-11)13(21)16-8-2-3-10(18)9(6-8)12(19)20/h2-6,18H,7H2,1H3,(H,14,15)(H,16,21)(H,19,20). The molecule has 0 radical (unpaired) electrons. The summed E-state index contributed by atoms with van der Waals surface area (Å²) in [6.45, 7) is 0.280. The van der Waals surface area contributed by atoms with Crippen LogP contribution >= 0.6 is 0 Å². The molecule has 110 valence electrons. The second-order valence-electron chi connectivity index (χ2n) is 4.36. The van der Waals surface area contributed by atoms with E-state index in [0.29, 0.717) is 5.82 Å². The van der Waals surface area contributed by atoms with Crippen LogP contribution in [-0.2, 0) is 6.54 Å². The fraction of sp³-hybridized carbons (Fsp3) is 0.154. The fourth-order valence-corrected chi connectivity index (χ4v) is 1.68. The number of amides is 2. The van der Waals surface area contributed by atoms with Gasteiger partial charge in [-0.3, -0.25) is 0 Å². The maximum absolute atomic E-state index is 12.0. The number of carboxylic acid groups (broad SMARTS) is 1. The van der Waals surface area contributed by atoms with Crippen molar-refractivity contribution < 1.29 is 19.8 Å². The van der Waals surface area contributed by atoms with Crippen molar-refractivity contribution in [3.63, 3.8) is 0 Å². The number of carbonyl (C=O) groups excluding carboxylic acids is 1. The molecule has 0 atom stereocenters. The lowest BCUT2D eigenvalue weighted by atomic mass is 10.2. The lowest BCUT2D eigenvalue weighted by molar-refractivity contribution is 0.0693. The summed E-state index contributed by atoms with van der Waals surface area (Å²) in [6.07, 6.45) is 3.24. The highest BCUT2D eigenvalue weighted by Crippen LogP contribution is 2.21. The number of rotatable bonds is 4. The minimum Gasteiger partial charge on any atom is -0.507 e. The molecular formula is C13H14N4O4. The summed E-state index contributed by atoms with van der Waals surface area (Å²) in [6, 6.07) is 3.40. The molecule has 2 aromatic rings. The molecule has 8 heteroatoms. The van der Waals surface area contributed by atoms with Crippen molar-refractivity contribution in [2.75, 3.05) is 12.4 Å². The molecule has 2 amide bonds. The SMILES string of the molecule is CN(Cc1ncc[nH]1)C(=O)Nc1ccc(O)c(C(=O)O)c1. The molecular weight excluding hydrogens is 276 g/mol. The van der Waals surface area contributed by atoms with Crippen LogP contribution in [0.3, 0.4) is 0 Å². The van der Waals surface area contributed by atoms with Crippen LogP contribution in [0.15, 0.2) is 30.6 Å². The van der Waals surface area contributed by atoms with Gasteiger partial charge in [0.2, 0.25) is 0 Å². The van der Waals surface area contributed by atoms with E-state index in [2.05, 4.69) is 15.3 Å². The molecule has 1 aromatic heterocycles. The molecule has 8 nitrogen and oxygen atoms in total. The molecule has 0 fully saturated rings. The van der Waals surface area contributed by atoms with E-state index in [9.17, 15) is 14.7 Å². The van der Waals surface area contributed by atoms with Gasteiger partial charge in [-0.1, -0.05) is 0 Å². The van der Waals surface area contributed by atoms with Gasteiger partial charge in [0.05, 0.1) is 6.54 Å². The minimum atomic E-state index is -1.27. The Balaban J connectivity index is 2.05. The molecule has 0 saturated carbocycles. The maximum atomic E-state index is 12.0. The van der Waals surface area contributed by atoms with E-state index < -0.39 is 12.0 Å². The highest BCUT2D eigenvalue weighted by Gasteiger charge is 2.14. The molecule has 21 heavy (non-hydrogen) atoms. The van der Waals surface area contributed by atoms with Gasteiger partial charge in [0.1, 0.15) is 17.1 Å². The maximum Gasteiger partial charge on any atom is 0.339 e. The summed E-state index contributed by atoms with van der Waals surface area (Å²) < 4.78 is 0. The number of aromatic hydroxyl groups is 1. The van der Waals surface area contributed by atoms with Crippen LogP contribution in [-0.4, -0.2) is 44.1 Å². The van der Waals surface area contributed by atoms with Gasteiger partial charge in [0.15, 0.2) is 0 Å². The zero-order valence-electron chi connectivity index (χ0n) is 11.2. The number of aromatic carboxylic acids is 1. The highest BCUT2D eigenvalue weighted by atomic mass is 16.4. The Morgan fingerprint density at radius 1 is 1.43 bits per heavy atom. The Morgan fingerprint density at radius 3 is 2.81 bits per heavy atom. The van der Waals surface area contributed by atoms with Crippen LogP contribution in [0.25, 0.3) is 0 Å². The number of imidazole rings is 1. The largest absolute Gasteiger partial charge is 0.507 e. The number of aromatic amines is 1. The van der Waals surface area contributed by atoms with Gasteiger partial charge in [-0.05, 0) is 18.2 Å². The predicted octanol–water partition coefficient (Wildman–Crippen LogP) is 1.48. The second kappa shape index (κ2) is 5.95. The lowest BCUT2D eigenvalue weighted by Crippen LogP contribution is -2.31. The smallest absolute Gasteiger partial charge is 0.339 e. The van der Waals surface area contributed by atoms with Gasteiger partial charge in [0, 0.05) is 25.1 Å². The number of anilines is 1. The van der Waals surface area contributed by atoms with Gasteiger partial charge < -0.3 is 25.4 Å². The van der Waals surface area contributed by atoms with Gasteiger partial charge in [0.25, 0.3) is 0 Å². The molecule has 0 unspecified atom stereocenters. The fourth-order valence-electron chi connectivity index (χ4n) is 1.68. The number of hydrogen-bond donors (Lipinski definition) is 4. The third kappa shape index (κ3) is 3.50. The normalized spacial score (nSPS) is 10.1. The average molecular weight is 290 g/mol. The second-order valence-corrected chi connectivity index (χ2v) is 4.36. The van der Waals surface area contributed by atoms with E-state index in [1.807, 2.05) is 0 Å². The van der Waals surface area contributed by atoms with E-state index in [-0.39, 0.29) is 23.5 Å². The first-order valence-corrected chi connectivity index (χ1v) is 6.04. The van der Waals surface area contributed by atoms with Crippen LogP contribution in [0, 0.1) is 0 Å². The Morgan fingerprint density at radius 2 is 2.19 bits per heavy atom. The Hall–Kier alpha value is -3.03. The van der Waals surface area contributed by atoms with Crippen molar-refractivity contribution in [1.82, 2.24) is 14.9 Å². The van der Waals surface area contributed by atoms with E-state index in [4.69, 9.17) is 5.11 Å². The average Bonchev–Trinajstić information content (AvgIpc) is 2.93. The number of benzene rings is 1. The number of carbonyl (C=O) groups is 2. The zero-order chi connectivity index (χ0) is 15.4. The number of aromatic nitrogens is 2. The summed E-state index contributed by atoms with van der Waals surface area (Å²) in [7, 11) is 1.58. The van der Waals surface area contributed by atoms with Gasteiger partial charge in [-0.2, -0.15) is 0 Å². The molecule has 0 saturated heterocycles. The number of nitrogens with zero attached hydrogens (tertiary/aromatic N) is 2. The summed E-state index contributed by atoms with van der Waals surface area (Å²) in [5.41, 5.74) is 0.00276. The first kappa shape index (κ1) is 14.4. The van der Waals surface area contributed by atoms with Gasteiger partial charge in [-0.25, -0.2) is 14.6 Å². The molecule has 1 heterocycles. The van der Waals surface area contributed by atoms with Crippen LogP contribution in [0.4, 0.5) is 10.5 Å². The quantitative estimate of drug-likeness (QED) is 0.636.